The Morgan fingerprint density at radius 1 is 0.885 bits per heavy atom. The van der Waals surface area contributed by atoms with Crippen molar-refractivity contribution in [2.45, 2.75) is 13.8 Å². The highest BCUT2D eigenvalue weighted by Crippen LogP contribution is 2.31. The number of pyridine rings is 1. The fourth-order valence-electron chi connectivity index (χ4n) is 3.60. The predicted octanol–water partition coefficient (Wildman–Crippen LogP) is 4.47. The molecule has 0 unspecified atom stereocenters. The number of para-hydroxylation sites is 1. The summed E-state index contributed by atoms with van der Waals surface area (Å²) in [5, 5.41) is 12.4. The molecule has 0 bridgehead atoms. The average molecular weight is 345 g/mol. The van der Waals surface area contributed by atoms with Gasteiger partial charge in [-0.1, -0.05) is 18.2 Å². The molecule has 0 saturated carbocycles. The van der Waals surface area contributed by atoms with E-state index in [2.05, 4.69) is 0 Å². The summed E-state index contributed by atoms with van der Waals surface area (Å²) in [6.45, 7) is 3.98. The molecule has 130 valence electrons. The normalized spacial score (nSPS) is 11.2. The Balaban J connectivity index is 2.28. The van der Waals surface area contributed by atoms with E-state index < -0.39 is 0 Å². The van der Waals surface area contributed by atoms with Gasteiger partial charge in [-0.25, -0.2) is 0 Å². The van der Waals surface area contributed by atoms with E-state index in [1.165, 1.54) is 0 Å². The van der Waals surface area contributed by atoms with Crippen molar-refractivity contribution in [3.8, 4) is 17.2 Å². The second kappa shape index (κ2) is 5.92. The lowest BCUT2D eigenvalue weighted by Gasteiger charge is -2.18. The van der Waals surface area contributed by atoms with Gasteiger partial charge in [0.2, 0.25) is 0 Å². The van der Waals surface area contributed by atoms with Crippen LogP contribution in [0.1, 0.15) is 11.1 Å². The van der Waals surface area contributed by atoms with Crippen molar-refractivity contribution in [3.05, 3.63) is 76.1 Å². The lowest BCUT2D eigenvalue weighted by Crippen LogP contribution is -2.21. The number of aromatic hydroxyl groups is 1. The summed E-state index contributed by atoms with van der Waals surface area (Å²) in [6, 6.07) is 16.5. The van der Waals surface area contributed by atoms with Crippen LogP contribution in [0.25, 0.3) is 27.4 Å². The maximum Gasteiger partial charge on any atom is 0.263 e. The minimum Gasteiger partial charge on any atom is -0.508 e. The molecular formula is C22H19NO3. The fraction of sp³-hybridized carbons (Fsp3) is 0.136. The second-order valence-electron chi connectivity index (χ2n) is 6.49. The van der Waals surface area contributed by atoms with Crippen molar-refractivity contribution in [2.75, 3.05) is 7.11 Å². The Kier molecular flexibility index (Phi) is 3.69. The molecule has 0 atom stereocenters. The van der Waals surface area contributed by atoms with Gasteiger partial charge in [0.25, 0.3) is 5.56 Å². The molecule has 0 saturated heterocycles. The first-order chi connectivity index (χ1) is 12.5. The Bertz CT molecular complexity index is 1200. The molecule has 0 fully saturated rings. The van der Waals surface area contributed by atoms with Crippen molar-refractivity contribution >= 4 is 21.7 Å². The molecule has 4 rings (SSSR count). The van der Waals surface area contributed by atoms with E-state index >= 15 is 0 Å². The maximum absolute atomic E-state index is 13.4. The Morgan fingerprint density at radius 3 is 2.27 bits per heavy atom. The van der Waals surface area contributed by atoms with Gasteiger partial charge >= 0.3 is 0 Å². The molecule has 4 aromatic rings. The molecule has 26 heavy (non-hydrogen) atoms. The van der Waals surface area contributed by atoms with Crippen molar-refractivity contribution in [2.24, 2.45) is 0 Å². The third kappa shape index (κ3) is 2.34. The molecule has 1 N–H and O–H groups in total. The number of rotatable bonds is 2. The van der Waals surface area contributed by atoms with E-state index in [0.29, 0.717) is 16.7 Å². The minimum absolute atomic E-state index is 0.113. The number of fused-ring (bicyclic) bond motifs is 3. The Labute approximate surface area is 150 Å². The number of ether oxygens (including phenoxy) is 1. The number of benzene rings is 3. The Morgan fingerprint density at radius 2 is 1.58 bits per heavy atom. The maximum atomic E-state index is 13.4. The topological polar surface area (TPSA) is 51.5 Å². The van der Waals surface area contributed by atoms with Gasteiger partial charge in [-0.05, 0) is 55.3 Å². The summed E-state index contributed by atoms with van der Waals surface area (Å²) in [5.41, 5.74) is 3.42. The van der Waals surface area contributed by atoms with Crippen LogP contribution in [0.2, 0.25) is 0 Å². The predicted molar refractivity (Wildman–Crippen MR) is 105 cm³/mol. The van der Waals surface area contributed by atoms with E-state index in [9.17, 15) is 9.90 Å². The van der Waals surface area contributed by atoms with Crippen LogP contribution in [-0.2, 0) is 0 Å². The van der Waals surface area contributed by atoms with E-state index in [1.807, 2.05) is 44.2 Å². The van der Waals surface area contributed by atoms with Gasteiger partial charge < -0.3 is 9.84 Å². The third-order valence-electron chi connectivity index (χ3n) is 4.84. The first kappa shape index (κ1) is 16.2. The molecule has 4 heteroatoms. The first-order valence-electron chi connectivity index (χ1n) is 8.43. The molecule has 0 aliphatic rings. The van der Waals surface area contributed by atoms with Gasteiger partial charge in [-0.2, -0.15) is 0 Å². The number of methoxy groups -OCH3 is 1. The van der Waals surface area contributed by atoms with E-state index in [-0.39, 0.29) is 11.3 Å². The quantitative estimate of drug-likeness (QED) is 0.545. The number of aryl methyl sites for hydroxylation is 2. The van der Waals surface area contributed by atoms with Crippen molar-refractivity contribution < 1.29 is 9.84 Å². The summed E-state index contributed by atoms with van der Waals surface area (Å²) in [4.78, 5) is 13.4. The molecule has 0 aliphatic heterocycles. The van der Waals surface area contributed by atoms with Crippen molar-refractivity contribution in [1.29, 1.82) is 0 Å². The highest BCUT2D eigenvalue weighted by molar-refractivity contribution is 6.07. The van der Waals surface area contributed by atoms with Crippen LogP contribution in [0.5, 0.6) is 11.5 Å². The van der Waals surface area contributed by atoms with Gasteiger partial charge in [0.05, 0.1) is 18.3 Å². The lowest BCUT2D eigenvalue weighted by molar-refractivity contribution is 0.415. The minimum atomic E-state index is -0.113. The zero-order valence-electron chi connectivity index (χ0n) is 14.9. The first-order valence-corrected chi connectivity index (χ1v) is 8.43. The van der Waals surface area contributed by atoms with Gasteiger partial charge in [0, 0.05) is 22.2 Å². The number of hydrogen-bond acceptors (Lipinski definition) is 3. The lowest BCUT2D eigenvalue weighted by atomic mass is 10.0. The fourth-order valence-corrected chi connectivity index (χ4v) is 3.60. The van der Waals surface area contributed by atoms with Gasteiger partial charge in [0.1, 0.15) is 11.5 Å². The summed E-state index contributed by atoms with van der Waals surface area (Å²) >= 11 is 0. The van der Waals surface area contributed by atoms with Gasteiger partial charge in [-0.3, -0.25) is 9.36 Å². The number of nitrogens with zero attached hydrogens (tertiary/aromatic N) is 1. The molecule has 1 aromatic heterocycles. The number of phenols is 1. The van der Waals surface area contributed by atoms with E-state index in [1.54, 1.807) is 35.9 Å². The molecule has 3 aromatic carbocycles. The molecule has 4 nitrogen and oxygen atoms in total. The number of phenolic OH excluding ortho intramolecular Hbond substituents is 1. The monoisotopic (exact) mass is 345 g/mol. The average Bonchev–Trinajstić information content (AvgIpc) is 2.63. The van der Waals surface area contributed by atoms with Crippen molar-refractivity contribution in [1.82, 2.24) is 4.57 Å². The van der Waals surface area contributed by atoms with Crippen LogP contribution < -0.4 is 10.3 Å². The largest absolute Gasteiger partial charge is 0.508 e. The smallest absolute Gasteiger partial charge is 0.263 e. The van der Waals surface area contributed by atoms with Crippen LogP contribution in [0.3, 0.4) is 0 Å². The Hall–Kier alpha value is -3.27. The number of hydrogen-bond donors (Lipinski definition) is 1. The van der Waals surface area contributed by atoms with Crippen LogP contribution in [0, 0.1) is 13.8 Å². The zero-order valence-corrected chi connectivity index (χ0v) is 14.9. The molecule has 0 amide bonds. The van der Waals surface area contributed by atoms with Crippen LogP contribution in [-0.4, -0.2) is 16.8 Å². The highest BCUT2D eigenvalue weighted by atomic mass is 16.5. The zero-order chi connectivity index (χ0) is 18.4. The van der Waals surface area contributed by atoms with Crippen molar-refractivity contribution in [3.63, 3.8) is 0 Å². The highest BCUT2D eigenvalue weighted by Gasteiger charge is 2.16. The molecular weight excluding hydrogens is 326 g/mol. The van der Waals surface area contributed by atoms with E-state index in [4.69, 9.17) is 4.74 Å². The van der Waals surface area contributed by atoms with Gasteiger partial charge in [-0.15, -0.1) is 0 Å². The summed E-state index contributed by atoms with van der Waals surface area (Å²) in [6.07, 6.45) is 0. The molecule has 0 radical (unpaired) electrons. The SMILES string of the molecule is COc1ccc2c(=O)n(-c3c(C)cccc3C)c3cc(O)ccc3c2c1. The molecule has 0 aliphatic carbocycles. The summed E-state index contributed by atoms with van der Waals surface area (Å²) in [5.74, 6) is 0.815. The van der Waals surface area contributed by atoms with Gasteiger partial charge in [0.15, 0.2) is 0 Å². The van der Waals surface area contributed by atoms with Crippen LogP contribution in [0.15, 0.2) is 59.4 Å². The van der Waals surface area contributed by atoms with E-state index in [0.717, 1.165) is 27.6 Å². The van der Waals surface area contributed by atoms with Crippen LogP contribution in [0.4, 0.5) is 0 Å². The number of aromatic nitrogens is 1. The standard InChI is InChI=1S/C22H19NO3/c1-13-5-4-6-14(2)21(13)23-20-11-15(24)7-9-17(20)19-12-16(26-3)8-10-18(19)22(23)25/h4-12,24H,1-3H3. The molecule has 1 heterocycles. The third-order valence-corrected chi connectivity index (χ3v) is 4.84. The molecule has 0 spiro atoms. The summed E-state index contributed by atoms with van der Waals surface area (Å²) < 4.78 is 7.03. The second-order valence-corrected chi connectivity index (χ2v) is 6.49. The summed E-state index contributed by atoms with van der Waals surface area (Å²) in [7, 11) is 1.60. The van der Waals surface area contributed by atoms with Crippen LogP contribution >= 0.6 is 0 Å².